The molecule has 0 spiro atoms. The highest BCUT2D eigenvalue weighted by molar-refractivity contribution is 5.73. The Hall–Kier alpha value is -2.75. The van der Waals surface area contributed by atoms with E-state index in [-0.39, 0.29) is 24.5 Å². The van der Waals surface area contributed by atoms with E-state index < -0.39 is 12.8 Å². The van der Waals surface area contributed by atoms with Crippen molar-refractivity contribution in [1.29, 1.82) is 0 Å². The second-order valence-electron chi connectivity index (χ2n) is 7.10. The number of carbonyl (C=O) groups is 1. The number of pyridine rings is 1. The number of likely N-dealkylation sites (tertiary alicyclic amines) is 1. The zero-order valence-corrected chi connectivity index (χ0v) is 16.5. The zero-order valence-electron chi connectivity index (χ0n) is 16.5. The highest BCUT2D eigenvalue weighted by atomic mass is 19.4. The van der Waals surface area contributed by atoms with Crippen LogP contribution in [0.25, 0.3) is 0 Å². The summed E-state index contributed by atoms with van der Waals surface area (Å²) >= 11 is 0. The number of hydrogen-bond acceptors (Lipinski definition) is 5. The average Bonchev–Trinajstić information content (AvgIpc) is 3.26. The predicted octanol–water partition coefficient (Wildman–Crippen LogP) is 3.64. The number of ether oxygens (including phenoxy) is 1. The first-order valence-electron chi connectivity index (χ1n) is 9.84. The third kappa shape index (κ3) is 6.94. The van der Waals surface area contributed by atoms with Crippen molar-refractivity contribution in [1.82, 2.24) is 20.5 Å². The van der Waals surface area contributed by atoms with Crippen LogP contribution in [0.4, 0.5) is 18.0 Å². The maximum atomic E-state index is 12.3. The number of furan rings is 1. The molecule has 3 rings (SSSR count). The van der Waals surface area contributed by atoms with E-state index in [4.69, 9.17) is 4.42 Å². The summed E-state index contributed by atoms with van der Waals surface area (Å²) in [5, 5.41) is 5.55. The molecule has 1 fully saturated rings. The molecule has 1 saturated heterocycles. The number of carbonyl (C=O) groups excluding carboxylic acids is 1. The molecule has 7 nitrogen and oxygen atoms in total. The normalized spacial score (nSPS) is 16.1. The number of alkyl halides is 3. The van der Waals surface area contributed by atoms with Crippen LogP contribution < -0.4 is 15.4 Å². The molecule has 2 N–H and O–H groups in total. The molecule has 164 valence electrons. The van der Waals surface area contributed by atoms with Gasteiger partial charge < -0.3 is 19.8 Å². The van der Waals surface area contributed by atoms with Crippen LogP contribution in [-0.4, -0.2) is 48.3 Å². The quantitative estimate of drug-likeness (QED) is 0.674. The van der Waals surface area contributed by atoms with Gasteiger partial charge in [-0.15, -0.1) is 0 Å². The van der Waals surface area contributed by atoms with Crippen LogP contribution in [0.5, 0.6) is 5.88 Å². The van der Waals surface area contributed by atoms with E-state index in [9.17, 15) is 18.0 Å². The SMILES string of the molecule is O=C(NCc1ccnc(OCC(F)(F)F)c1)NCC(c1ccco1)N1CCCCC1. The van der Waals surface area contributed by atoms with Crippen LogP contribution in [0.1, 0.15) is 36.6 Å². The largest absolute Gasteiger partial charge is 0.468 e. The van der Waals surface area contributed by atoms with E-state index in [1.807, 2.05) is 12.1 Å². The Balaban J connectivity index is 1.49. The zero-order chi connectivity index (χ0) is 21.4. The summed E-state index contributed by atoms with van der Waals surface area (Å²) in [6, 6.07) is 6.27. The number of aromatic nitrogens is 1. The summed E-state index contributed by atoms with van der Waals surface area (Å²) < 4.78 is 46.9. The van der Waals surface area contributed by atoms with Crippen molar-refractivity contribution in [2.45, 2.75) is 38.0 Å². The van der Waals surface area contributed by atoms with Crippen molar-refractivity contribution in [3.63, 3.8) is 0 Å². The fourth-order valence-electron chi connectivity index (χ4n) is 3.35. The van der Waals surface area contributed by atoms with Gasteiger partial charge in [-0.05, 0) is 49.7 Å². The fourth-order valence-corrected chi connectivity index (χ4v) is 3.35. The van der Waals surface area contributed by atoms with E-state index in [1.54, 1.807) is 12.3 Å². The van der Waals surface area contributed by atoms with Crippen molar-refractivity contribution < 1.29 is 27.1 Å². The summed E-state index contributed by atoms with van der Waals surface area (Å²) in [6.45, 7) is 1.00. The second-order valence-corrected chi connectivity index (χ2v) is 7.10. The molecule has 0 saturated carbocycles. The number of amides is 2. The molecule has 1 aliphatic rings. The minimum Gasteiger partial charge on any atom is -0.468 e. The third-order valence-corrected chi connectivity index (χ3v) is 4.80. The lowest BCUT2D eigenvalue weighted by Crippen LogP contribution is -2.43. The molecule has 1 aliphatic heterocycles. The van der Waals surface area contributed by atoms with Gasteiger partial charge in [0.05, 0.1) is 12.3 Å². The molecule has 30 heavy (non-hydrogen) atoms. The fraction of sp³-hybridized carbons (Fsp3) is 0.500. The number of hydrogen-bond donors (Lipinski definition) is 2. The average molecular weight is 426 g/mol. The van der Waals surface area contributed by atoms with Gasteiger partial charge in [-0.1, -0.05) is 6.42 Å². The Morgan fingerprint density at radius 3 is 2.73 bits per heavy atom. The standard InChI is InChI=1S/C20H25F3N4O3/c21-20(22,23)14-30-18-11-15(6-7-24-18)12-25-19(28)26-13-16(17-5-4-10-29-17)27-8-2-1-3-9-27/h4-7,10-11,16H,1-3,8-9,12-14H2,(H2,25,26,28). The second kappa shape index (κ2) is 10.3. The highest BCUT2D eigenvalue weighted by Crippen LogP contribution is 2.24. The topological polar surface area (TPSA) is 79.6 Å². The molecular weight excluding hydrogens is 401 g/mol. The van der Waals surface area contributed by atoms with E-state index in [0.29, 0.717) is 12.1 Å². The number of rotatable bonds is 8. The maximum Gasteiger partial charge on any atom is 0.422 e. The van der Waals surface area contributed by atoms with Crippen LogP contribution in [0.2, 0.25) is 0 Å². The molecule has 0 radical (unpaired) electrons. The molecule has 0 bridgehead atoms. The van der Waals surface area contributed by atoms with E-state index in [0.717, 1.165) is 31.7 Å². The number of halogens is 3. The lowest BCUT2D eigenvalue weighted by atomic mass is 10.1. The number of piperidine rings is 1. The van der Waals surface area contributed by atoms with Crippen molar-refractivity contribution in [2.24, 2.45) is 0 Å². The number of urea groups is 1. The molecule has 0 aromatic carbocycles. The summed E-state index contributed by atoms with van der Waals surface area (Å²) in [6.07, 6.45) is 1.96. The first-order valence-corrected chi connectivity index (χ1v) is 9.84. The van der Waals surface area contributed by atoms with Gasteiger partial charge in [-0.2, -0.15) is 13.2 Å². The van der Waals surface area contributed by atoms with Gasteiger partial charge in [-0.25, -0.2) is 9.78 Å². The van der Waals surface area contributed by atoms with Gasteiger partial charge in [0, 0.05) is 25.4 Å². The van der Waals surface area contributed by atoms with Gasteiger partial charge in [0.1, 0.15) is 5.76 Å². The molecular formula is C20H25F3N4O3. The first kappa shape index (κ1) is 21.9. The minimum atomic E-state index is -4.44. The lowest BCUT2D eigenvalue weighted by Gasteiger charge is -2.33. The molecule has 3 heterocycles. The summed E-state index contributed by atoms with van der Waals surface area (Å²) in [5.41, 5.74) is 0.580. The Bertz CT molecular complexity index is 793. The van der Waals surface area contributed by atoms with Gasteiger partial charge >= 0.3 is 12.2 Å². The minimum absolute atomic E-state index is 0.0469. The smallest absolute Gasteiger partial charge is 0.422 e. The number of nitrogens with one attached hydrogen (secondary N) is 2. The van der Waals surface area contributed by atoms with Crippen LogP contribution in [-0.2, 0) is 6.54 Å². The maximum absolute atomic E-state index is 12.3. The molecule has 1 atom stereocenters. The van der Waals surface area contributed by atoms with Crippen molar-refractivity contribution in [3.8, 4) is 5.88 Å². The Kier molecular flexibility index (Phi) is 7.56. The lowest BCUT2D eigenvalue weighted by molar-refractivity contribution is -0.154. The van der Waals surface area contributed by atoms with Crippen LogP contribution >= 0.6 is 0 Å². The van der Waals surface area contributed by atoms with Gasteiger partial charge in [0.15, 0.2) is 6.61 Å². The summed E-state index contributed by atoms with van der Waals surface area (Å²) in [4.78, 5) is 18.3. The molecule has 1 unspecified atom stereocenters. The summed E-state index contributed by atoms with van der Waals surface area (Å²) in [5.74, 6) is 0.660. The van der Waals surface area contributed by atoms with Gasteiger partial charge in [0.25, 0.3) is 0 Å². The van der Waals surface area contributed by atoms with Gasteiger partial charge in [-0.3, -0.25) is 4.90 Å². The number of nitrogens with zero attached hydrogens (tertiary/aromatic N) is 2. The van der Waals surface area contributed by atoms with E-state index >= 15 is 0 Å². The summed E-state index contributed by atoms with van der Waals surface area (Å²) in [7, 11) is 0. The van der Waals surface area contributed by atoms with E-state index in [1.165, 1.54) is 18.7 Å². The Labute approximate surface area is 172 Å². The van der Waals surface area contributed by atoms with Crippen LogP contribution in [0, 0.1) is 0 Å². The molecule has 2 aromatic heterocycles. The van der Waals surface area contributed by atoms with Crippen molar-refractivity contribution in [3.05, 3.63) is 48.0 Å². The van der Waals surface area contributed by atoms with Crippen LogP contribution in [0.3, 0.4) is 0 Å². The molecule has 0 aliphatic carbocycles. The van der Waals surface area contributed by atoms with Crippen LogP contribution in [0.15, 0.2) is 41.1 Å². The molecule has 2 amide bonds. The van der Waals surface area contributed by atoms with E-state index in [2.05, 4.69) is 25.3 Å². The third-order valence-electron chi connectivity index (χ3n) is 4.80. The Morgan fingerprint density at radius 1 is 1.23 bits per heavy atom. The van der Waals surface area contributed by atoms with Crippen molar-refractivity contribution >= 4 is 6.03 Å². The predicted molar refractivity (Wildman–Crippen MR) is 103 cm³/mol. The van der Waals surface area contributed by atoms with Gasteiger partial charge in [0.2, 0.25) is 5.88 Å². The highest BCUT2D eigenvalue weighted by Gasteiger charge is 2.28. The Morgan fingerprint density at radius 2 is 2.03 bits per heavy atom. The monoisotopic (exact) mass is 426 g/mol. The van der Waals surface area contributed by atoms with Crippen molar-refractivity contribution in [2.75, 3.05) is 26.2 Å². The first-order chi connectivity index (χ1) is 14.4. The molecule has 2 aromatic rings. The molecule has 10 heteroatoms.